The molecule has 0 spiro atoms. The predicted molar refractivity (Wildman–Crippen MR) is 113 cm³/mol. The maximum atomic E-state index is 12.1. The zero-order chi connectivity index (χ0) is 19.5. The number of halogens is 1. The number of rotatable bonds is 8. The number of likely N-dealkylation sites (tertiary alicyclic amines) is 1. The van der Waals surface area contributed by atoms with Crippen molar-refractivity contribution in [2.45, 2.75) is 39.2 Å². The molecule has 0 saturated carbocycles. The highest BCUT2D eigenvalue weighted by molar-refractivity contribution is 6.30. The average molecular weight is 394 g/mol. The fourth-order valence-corrected chi connectivity index (χ4v) is 3.30. The standard InChI is InChI=1S/C20H32ClN5O/c1-3-13-26-14-9-18(10-15-26)25-20(22-4-2)24-12-11-23-19(27)16-5-7-17(21)8-6-16/h5-8,18H,3-4,9-15H2,1-2H3,(H,23,27)(H2,22,24,25). The molecular weight excluding hydrogens is 362 g/mol. The maximum absolute atomic E-state index is 12.1. The van der Waals surface area contributed by atoms with Crippen molar-refractivity contribution < 1.29 is 4.79 Å². The third kappa shape index (κ3) is 7.77. The number of benzene rings is 1. The molecule has 0 aliphatic carbocycles. The Labute approximate surface area is 167 Å². The Morgan fingerprint density at radius 3 is 2.52 bits per heavy atom. The molecule has 7 heteroatoms. The van der Waals surface area contributed by atoms with E-state index in [9.17, 15) is 4.79 Å². The first-order chi connectivity index (χ1) is 13.1. The number of carbonyl (C=O) groups excluding carboxylic acids is 1. The van der Waals surface area contributed by atoms with Gasteiger partial charge < -0.3 is 20.9 Å². The molecule has 0 unspecified atom stereocenters. The van der Waals surface area contributed by atoms with Gasteiger partial charge in [0, 0.05) is 42.8 Å². The summed E-state index contributed by atoms with van der Waals surface area (Å²) < 4.78 is 0. The molecule has 150 valence electrons. The first kappa shape index (κ1) is 21.5. The van der Waals surface area contributed by atoms with Crippen molar-refractivity contribution in [2.75, 3.05) is 39.3 Å². The minimum absolute atomic E-state index is 0.108. The minimum Gasteiger partial charge on any atom is -0.357 e. The summed E-state index contributed by atoms with van der Waals surface area (Å²) in [7, 11) is 0. The molecule has 1 aliphatic heterocycles. The quantitative estimate of drug-likeness (QED) is 0.360. The number of nitrogens with zero attached hydrogens (tertiary/aromatic N) is 2. The summed E-state index contributed by atoms with van der Waals surface area (Å²) in [6.45, 7) is 9.60. The van der Waals surface area contributed by atoms with Crippen molar-refractivity contribution in [3.63, 3.8) is 0 Å². The highest BCUT2D eigenvalue weighted by Crippen LogP contribution is 2.10. The second-order valence-electron chi connectivity index (χ2n) is 6.78. The average Bonchev–Trinajstić information content (AvgIpc) is 2.67. The Hall–Kier alpha value is -1.79. The fraction of sp³-hybridized carbons (Fsp3) is 0.600. The third-order valence-electron chi connectivity index (χ3n) is 4.59. The van der Waals surface area contributed by atoms with Crippen molar-refractivity contribution in [1.29, 1.82) is 0 Å². The monoisotopic (exact) mass is 393 g/mol. The first-order valence-electron chi connectivity index (χ1n) is 9.93. The Balaban J connectivity index is 1.74. The molecule has 0 atom stereocenters. The summed E-state index contributed by atoms with van der Waals surface area (Å²) in [4.78, 5) is 19.2. The summed E-state index contributed by atoms with van der Waals surface area (Å²) in [6, 6.07) is 7.33. The van der Waals surface area contributed by atoms with Gasteiger partial charge in [-0.05, 0) is 57.0 Å². The first-order valence-corrected chi connectivity index (χ1v) is 10.3. The summed E-state index contributed by atoms with van der Waals surface area (Å²) >= 11 is 5.85. The number of guanidine groups is 1. The van der Waals surface area contributed by atoms with Crippen LogP contribution in [0.3, 0.4) is 0 Å². The molecule has 1 fully saturated rings. The fourth-order valence-electron chi connectivity index (χ4n) is 3.17. The molecule has 0 bridgehead atoms. The van der Waals surface area contributed by atoms with Gasteiger partial charge in [0.25, 0.3) is 5.91 Å². The van der Waals surface area contributed by atoms with E-state index in [1.54, 1.807) is 24.3 Å². The van der Waals surface area contributed by atoms with Crippen LogP contribution in [0.5, 0.6) is 0 Å². The van der Waals surface area contributed by atoms with Crippen LogP contribution >= 0.6 is 11.6 Å². The van der Waals surface area contributed by atoms with Gasteiger partial charge in [0.15, 0.2) is 5.96 Å². The van der Waals surface area contributed by atoms with E-state index in [1.807, 2.05) is 0 Å². The van der Waals surface area contributed by atoms with Gasteiger partial charge >= 0.3 is 0 Å². The Morgan fingerprint density at radius 2 is 1.89 bits per heavy atom. The SMILES string of the molecule is CCCN1CCC(NC(=NCCNC(=O)c2ccc(Cl)cc2)NCC)CC1. The smallest absolute Gasteiger partial charge is 0.251 e. The molecule has 1 amide bonds. The van der Waals surface area contributed by atoms with Gasteiger partial charge in [-0.2, -0.15) is 0 Å². The third-order valence-corrected chi connectivity index (χ3v) is 4.84. The summed E-state index contributed by atoms with van der Waals surface area (Å²) in [5.41, 5.74) is 0.604. The van der Waals surface area contributed by atoms with Gasteiger partial charge in [0.2, 0.25) is 0 Å². The van der Waals surface area contributed by atoms with E-state index in [2.05, 4.69) is 39.7 Å². The Kier molecular flexibility index (Phi) is 9.42. The van der Waals surface area contributed by atoms with Gasteiger partial charge in [-0.25, -0.2) is 0 Å². The Morgan fingerprint density at radius 1 is 1.19 bits per heavy atom. The van der Waals surface area contributed by atoms with Crippen molar-refractivity contribution in [3.8, 4) is 0 Å². The van der Waals surface area contributed by atoms with Crippen LogP contribution in [-0.2, 0) is 0 Å². The van der Waals surface area contributed by atoms with E-state index in [1.165, 1.54) is 13.0 Å². The lowest BCUT2D eigenvalue weighted by molar-refractivity contribution is 0.0955. The Bertz CT molecular complexity index is 597. The van der Waals surface area contributed by atoms with Crippen molar-refractivity contribution in [2.24, 2.45) is 4.99 Å². The molecule has 3 N–H and O–H groups in total. The topological polar surface area (TPSA) is 68.8 Å². The molecule has 1 aromatic rings. The highest BCUT2D eigenvalue weighted by atomic mass is 35.5. The van der Waals surface area contributed by atoms with E-state index in [4.69, 9.17) is 11.6 Å². The zero-order valence-corrected chi connectivity index (χ0v) is 17.2. The van der Waals surface area contributed by atoms with Gasteiger partial charge in [-0.3, -0.25) is 9.79 Å². The molecule has 0 radical (unpaired) electrons. The number of hydrogen-bond donors (Lipinski definition) is 3. The molecule has 1 saturated heterocycles. The summed E-state index contributed by atoms with van der Waals surface area (Å²) in [5.74, 6) is 0.718. The number of piperidine rings is 1. The van der Waals surface area contributed by atoms with Crippen LogP contribution in [0.15, 0.2) is 29.3 Å². The van der Waals surface area contributed by atoms with Crippen LogP contribution < -0.4 is 16.0 Å². The molecule has 1 aromatic carbocycles. The van der Waals surface area contributed by atoms with Crippen molar-refractivity contribution in [3.05, 3.63) is 34.9 Å². The highest BCUT2D eigenvalue weighted by Gasteiger charge is 2.19. The van der Waals surface area contributed by atoms with Crippen LogP contribution in [0, 0.1) is 0 Å². The molecule has 27 heavy (non-hydrogen) atoms. The van der Waals surface area contributed by atoms with Crippen LogP contribution in [0.1, 0.15) is 43.5 Å². The minimum atomic E-state index is -0.108. The maximum Gasteiger partial charge on any atom is 0.251 e. The number of amides is 1. The molecule has 1 heterocycles. The normalized spacial score (nSPS) is 16.2. The van der Waals surface area contributed by atoms with Gasteiger partial charge in [-0.1, -0.05) is 18.5 Å². The molecule has 2 rings (SSSR count). The number of hydrogen-bond acceptors (Lipinski definition) is 3. The second kappa shape index (κ2) is 11.8. The molecule has 0 aromatic heterocycles. The number of aliphatic imine (C=N–C) groups is 1. The lowest BCUT2D eigenvalue weighted by Crippen LogP contribution is -2.49. The predicted octanol–water partition coefficient (Wildman–Crippen LogP) is 2.50. The zero-order valence-electron chi connectivity index (χ0n) is 16.4. The van der Waals surface area contributed by atoms with Crippen molar-refractivity contribution in [1.82, 2.24) is 20.9 Å². The molecular formula is C20H32ClN5O. The summed E-state index contributed by atoms with van der Waals surface area (Å²) in [5, 5.41) is 10.3. The van der Waals surface area contributed by atoms with E-state index in [0.717, 1.165) is 38.4 Å². The second-order valence-corrected chi connectivity index (χ2v) is 7.22. The van der Waals surface area contributed by atoms with Crippen molar-refractivity contribution >= 4 is 23.5 Å². The van der Waals surface area contributed by atoms with Gasteiger partial charge in [0.1, 0.15) is 0 Å². The number of nitrogens with one attached hydrogen (secondary N) is 3. The lowest BCUT2D eigenvalue weighted by Gasteiger charge is -2.32. The van der Waals surface area contributed by atoms with Crippen LogP contribution in [-0.4, -0.2) is 62.1 Å². The number of carbonyl (C=O) groups is 1. The summed E-state index contributed by atoms with van der Waals surface area (Å²) in [6.07, 6.45) is 3.49. The van der Waals surface area contributed by atoms with Gasteiger partial charge in [0.05, 0.1) is 6.54 Å². The van der Waals surface area contributed by atoms with Crippen LogP contribution in [0.25, 0.3) is 0 Å². The van der Waals surface area contributed by atoms with Crippen LogP contribution in [0.2, 0.25) is 5.02 Å². The van der Waals surface area contributed by atoms with E-state index >= 15 is 0 Å². The lowest BCUT2D eigenvalue weighted by atomic mass is 10.1. The van der Waals surface area contributed by atoms with Gasteiger partial charge in [-0.15, -0.1) is 0 Å². The van der Waals surface area contributed by atoms with E-state index in [0.29, 0.717) is 29.7 Å². The van der Waals surface area contributed by atoms with Crippen LogP contribution in [0.4, 0.5) is 0 Å². The largest absolute Gasteiger partial charge is 0.357 e. The van der Waals surface area contributed by atoms with E-state index in [-0.39, 0.29) is 5.91 Å². The van der Waals surface area contributed by atoms with E-state index < -0.39 is 0 Å². The molecule has 1 aliphatic rings. The molecule has 6 nitrogen and oxygen atoms in total.